The van der Waals surface area contributed by atoms with E-state index in [0.29, 0.717) is 0 Å². The number of nitrogens with zero attached hydrogens (tertiary/aromatic N) is 2. The lowest BCUT2D eigenvalue weighted by molar-refractivity contribution is 0.967. The minimum absolute atomic E-state index is 0.739. The summed E-state index contributed by atoms with van der Waals surface area (Å²) in [6.07, 6.45) is 2.09. The zero-order chi connectivity index (χ0) is 15.3. The van der Waals surface area contributed by atoms with E-state index in [0.717, 1.165) is 27.3 Å². The van der Waals surface area contributed by atoms with E-state index in [1.54, 1.807) is 0 Å². The molecule has 3 heteroatoms. The molecule has 0 aliphatic rings. The summed E-state index contributed by atoms with van der Waals surface area (Å²) < 4.78 is 2.13. The topological polar surface area (TPSA) is 17.8 Å². The molecule has 0 aliphatic heterocycles. The summed E-state index contributed by atoms with van der Waals surface area (Å²) in [5.74, 6) is 0. The second-order valence-electron chi connectivity index (χ2n) is 5.68. The summed E-state index contributed by atoms with van der Waals surface area (Å²) in [6.45, 7) is 2.10. The van der Waals surface area contributed by atoms with Crippen LogP contribution in [0.15, 0.2) is 54.7 Å². The second kappa shape index (κ2) is 4.85. The molecule has 0 radical (unpaired) electrons. The van der Waals surface area contributed by atoms with Crippen molar-refractivity contribution in [1.29, 1.82) is 0 Å². The molecule has 0 amide bonds. The van der Waals surface area contributed by atoms with Crippen molar-refractivity contribution in [2.75, 3.05) is 0 Å². The van der Waals surface area contributed by atoms with Gasteiger partial charge in [-0.15, -0.1) is 0 Å². The molecule has 0 unspecified atom stereocenters. The SMILES string of the molecule is Cc1ccc2c(c1)nc(-c1ccc(Cl)cc1)c1c2ccn1C. The Morgan fingerprint density at radius 1 is 0.955 bits per heavy atom. The van der Waals surface area contributed by atoms with Crippen molar-refractivity contribution in [2.24, 2.45) is 7.05 Å². The van der Waals surface area contributed by atoms with Gasteiger partial charge >= 0.3 is 0 Å². The number of benzene rings is 2. The number of aromatic nitrogens is 2. The summed E-state index contributed by atoms with van der Waals surface area (Å²) in [6, 6.07) is 16.5. The average molecular weight is 307 g/mol. The van der Waals surface area contributed by atoms with Gasteiger partial charge in [-0.05, 0) is 36.8 Å². The highest BCUT2D eigenvalue weighted by molar-refractivity contribution is 6.30. The van der Waals surface area contributed by atoms with E-state index in [2.05, 4.69) is 49.0 Å². The van der Waals surface area contributed by atoms with Crippen molar-refractivity contribution in [3.05, 3.63) is 65.3 Å². The molecule has 0 aliphatic carbocycles. The maximum Gasteiger partial charge on any atom is 0.0952 e. The van der Waals surface area contributed by atoms with E-state index in [-0.39, 0.29) is 0 Å². The molecule has 22 heavy (non-hydrogen) atoms. The summed E-state index contributed by atoms with van der Waals surface area (Å²) >= 11 is 6.02. The molecule has 0 fully saturated rings. The van der Waals surface area contributed by atoms with E-state index in [1.807, 2.05) is 24.3 Å². The zero-order valence-corrected chi connectivity index (χ0v) is 13.2. The molecule has 0 N–H and O–H groups in total. The molecular weight excluding hydrogens is 292 g/mol. The molecular formula is C19H15ClN2. The van der Waals surface area contributed by atoms with E-state index in [4.69, 9.17) is 16.6 Å². The van der Waals surface area contributed by atoms with Crippen LogP contribution in [-0.2, 0) is 7.05 Å². The first-order chi connectivity index (χ1) is 10.6. The number of hydrogen-bond donors (Lipinski definition) is 0. The highest BCUT2D eigenvalue weighted by Crippen LogP contribution is 2.33. The largest absolute Gasteiger partial charge is 0.349 e. The Kier molecular flexibility index (Phi) is 2.95. The number of rotatable bonds is 1. The Morgan fingerprint density at radius 2 is 1.73 bits per heavy atom. The molecule has 108 valence electrons. The molecule has 2 aromatic carbocycles. The van der Waals surface area contributed by atoms with Crippen molar-refractivity contribution < 1.29 is 0 Å². The quantitative estimate of drug-likeness (QED) is 0.463. The fourth-order valence-electron chi connectivity index (χ4n) is 2.99. The minimum Gasteiger partial charge on any atom is -0.349 e. The lowest BCUT2D eigenvalue weighted by atomic mass is 10.0. The van der Waals surface area contributed by atoms with Crippen molar-refractivity contribution >= 4 is 33.4 Å². The predicted octanol–water partition coefficient (Wildman–Crippen LogP) is 5.36. The fourth-order valence-corrected chi connectivity index (χ4v) is 3.11. The lowest BCUT2D eigenvalue weighted by Gasteiger charge is -2.09. The Morgan fingerprint density at radius 3 is 2.50 bits per heavy atom. The summed E-state index contributed by atoms with van der Waals surface area (Å²) in [4.78, 5) is 4.93. The van der Waals surface area contributed by atoms with Crippen molar-refractivity contribution in [2.45, 2.75) is 6.92 Å². The Labute approximate surface area is 134 Å². The van der Waals surface area contributed by atoms with Gasteiger partial charge in [-0.2, -0.15) is 0 Å². The van der Waals surface area contributed by atoms with E-state index in [1.165, 1.54) is 16.3 Å². The summed E-state index contributed by atoms with van der Waals surface area (Å²) in [5, 5.41) is 3.17. The predicted molar refractivity (Wildman–Crippen MR) is 93.4 cm³/mol. The Balaban J connectivity index is 2.14. The van der Waals surface area contributed by atoms with E-state index >= 15 is 0 Å². The smallest absolute Gasteiger partial charge is 0.0952 e. The van der Waals surface area contributed by atoms with Crippen LogP contribution in [0.25, 0.3) is 33.1 Å². The van der Waals surface area contributed by atoms with Gasteiger partial charge in [-0.25, -0.2) is 4.98 Å². The average Bonchev–Trinajstić information content (AvgIpc) is 2.89. The number of fused-ring (bicyclic) bond motifs is 3. The van der Waals surface area contributed by atoms with Crippen LogP contribution >= 0.6 is 11.6 Å². The third kappa shape index (κ3) is 1.99. The third-order valence-electron chi connectivity index (χ3n) is 4.09. The maximum absolute atomic E-state index is 6.02. The Bertz CT molecular complexity index is 997. The number of pyridine rings is 1. The lowest BCUT2D eigenvalue weighted by Crippen LogP contribution is -1.93. The van der Waals surface area contributed by atoms with Gasteiger partial charge in [0.05, 0.1) is 16.7 Å². The molecule has 0 atom stereocenters. The molecule has 2 nitrogen and oxygen atoms in total. The normalized spacial score (nSPS) is 11.4. The van der Waals surface area contributed by atoms with Gasteiger partial charge in [-0.1, -0.05) is 35.9 Å². The number of halogens is 1. The standard InChI is InChI=1S/C19H15ClN2/c1-12-3-8-15-16-9-10-22(2)19(16)18(21-17(15)11-12)13-4-6-14(20)7-5-13/h3-11H,1-2H3. The molecule has 0 saturated heterocycles. The van der Waals surface area contributed by atoms with Crippen LogP contribution < -0.4 is 0 Å². The van der Waals surface area contributed by atoms with Crippen LogP contribution in [0.2, 0.25) is 5.02 Å². The summed E-state index contributed by atoms with van der Waals surface area (Å²) in [7, 11) is 2.06. The van der Waals surface area contributed by atoms with Crippen molar-refractivity contribution in [1.82, 2.24) is 9.55 Å². The van der Waals surface area contributed by atoms with Gasteiger partial charge in [0, 0.05) is 34.6 Å². The van der Waals surface area contributed by atoms with Gasteiger partial charge in [0.25, 0.3) is 0 Å². The molecule has 0 bridgehead atoms. The van der Waals surface area contributed by atoms with Gasteiger partial charge in [0.1, 0.15) is 0 Å². The van der Waals surface area contributed by atoms with Crippen LogP contribution in [-0.4, -0.2) is 9.55 Å². The molecule has 0 saturated carbocycles. The van der Waals surface area contributed by atoms with Crippen molar-refractivity contribution in [3.8, 4) is 11.3 Å². The van der Waals surface area contributed by atoms with Gasteiger partial charge in [-0.3, -0.25) is 0 Å². The first-order valence-corrected chi connectivity index (χ1v) is 7.62. The Hall–Kier alpha value is -2.32. The van der Waals surface area contributed by atoms with Crippen LogP contribution in [0.1, 0.15) is 5.56 Å². The monoisotopic (exact) mass is 306 g/mol. The second-order valence-corrected chi connectivity index (χ2v) is 6.11. The molecule has 2 aromatic heterocycles. The van der Waals surface area contributed by atoms with Crippen molar-refractivity contribution in [3.63, 3.8) is 0 Å². The highest BCUT2D eigenvalue weighted by Gasteiger charge is 2.13. The minimum atomic E-state index is 0.739. The molecule has 0 spiro atoms. The fraction of sp³-hybridized carbons (Fsp3) is 0.105. The van der Waals surface area contributed by atoms with Gasteiger partial charge in [0.15, 0.2) is 0 Å². The first kappa shape index (κ1) is 13.4. The molecule has 4 aromatic rings. The van der Waals surface area contributed by atoms with Gasteiger partial charge in [0.2, 0.25) is 0 Å². The zero-order valence-electron chi connectivity index (χ0n) is 12.5. The summed E-state index contributed by atoms with van der Waals surface area (Å²) in [5.41, 5.74) is 5.48. The highest BCUT2D eigenvalue weighted by atomic mass is 35.5. The van der Waals surface area contributed by atoms with Gasteiger partial charge < -0.3 is 4.57 Å². The van der Waals surface area contributed by atoms with Crippen LogP contribution in [0, 0.1) is 6.92 Å². The van der Waals surface area contributed by atoms with E-state index < -0.39 is 0 Å². The maximum atomic E-state index is 6.02. The third-order valence-corrected chi connectivity index (χ3v) is 4.34. The number of aryl methyl sites for hydroxylation is 2. The van der Waals surface area contributed by atoms with Crippen LogP contribution in [0.3, 0.4) is 0 Å². The molecule has 4 rings (SSSR count). The van der Waals surface area contributed by atoms with E-state index in [9.17, 15) is 0 Å². The number of hydrogen-bond acceptors (Lipinski definition) is 1. The molecule has 2 heterocycles. The van der Waals surface area contributed by atoms with Crippen LogP contribution in [0.5, 0.6) is 0 Å². The van der Waals surface area contributed by atoms with Crippen LogP contribution in [0.4, 0.5) is 0 Å². The first-order valence-electron chi connectivity index (χ1n) is 7.25.